The molecule has 0 unspecified atom stereocenters. The van der Waals surface area contributed by atoms with Crippen LogP contribution < -0.4 is 5.32 Å². The Hall–Kier alpha value is -1.83. The van der Waals surface area contributed by atoms with Crippen LogP contribution >= 0.6 is 11.8 Å². The molecule has 1 aliphatic rings. The Bertz CT molecular complexity index is 527. The minimum atomic E-state index is -1.13. The maximum atomic E-state index is 13.4. The summed E-state index contributed by atoms with van der Waals surface area (Å²) in [6, 6.07) is 0.935. The maximum absolute atomic E-state index is 13.4. The average molecular weight is 288 g/mol. The lowest BCUT2D eigenvalue weighted by Gasteiger charge is -2.21. The minimum absolute atomic E-state index is 0.194. The molecule has 2 rings (SSSR count). The molecule has 2 N–H and O–H groups in total. The van der Waals surface area contributed by atoms with E-state index in [1.54, 1.807) is 0 Å². The molecule has 102 valence electrons. The van der Waals surface area contributed by atoms with Crippen LogP contribution in [0.1, 0.15) is 0 Å². The van der Waals surface area contributed by atoms with Gasteiger partial charge >= 0.3 is 12.0 Å². The van der Waals surface area contributed by atoms with Gasteiger partial charge in [-0.25, -0.2) is 18.4 Å². The second kappa shape index (κ2) is 5.43. The molecule has 1 aliphatic heterocycles. The summed E-state index contributed by atoms with van der Waals surface area (Å²) in [5.41, 5.74) is -0.314. The highest BCUT2D eigenvalue weighted by molar-refractivity contribution is 7.99. The molecule has 19 heavy (non-hydrogen) atoms. The summed E-state index contributed by atoms with van der Waals surface area (Å²) < 4.78 is 26.3. The Morgan fingerprint density at radius 1 is 1.42 bits per heavy atom. The van der Waals surface area contributed by atoms with Crippen molar-refractivity contribution >= 4 is 29.4 Å². The van der Waals surface area contributed by atoms with Gasteiger partial charge in [-0.15, -0.1) is 11.8 Å². The molecule has 5 nitrogen and oxygen atoms in total. The van der Waals surface area contributed by atoms with Gasteiger partial charge in [0.15, 0.2) is 0 Å². The predicted molar refractivity (Wildman–Crippen MR) is 66.0 cm³/mol. The van der Waals surface area contributed by atoms with E-state index in [1.807, 2.05) is 0 Å². The Labute approximate surface area is 111 Å². The molecule has 1 aromatic rings. The van der Waals surface area contributed by atoms with Gasteiger partial charge in [-0.2, -0.15) is 0 Å². The zero-order valence-corrected chi connectivity index (χ0v) is 10.4. The van der Waals surface area contributed by atoms with E-state index in [4.69, 9.17) is 5.11 Å². The molecule has 0 bridgehead atoms. The maximum Gasteiger partial charge on any atom is 0.327 e. The monoisotopic (exact) mass is 288 g/mol. The first-order chi connectivity index (χ1) is 8.99. The van der Waals surface area contributed by atoms with Crippen molar-refractivity contribution in [1.82, 2.24) is 4.90 Å². The van der Waals surface area contributed by atoms with Crippen LogP contribution in [-0.2, 0) is 4.79 Å². The van der Waals surface area contributed by atoms with Gasteiger partial charge in [0.2, 0.25) is 0 Å². The van der Waals surface area contributed by atoms with Crippen molar-refractivity contribution in [2.45, 2.75) is 6.04 Å². The Morgan fingerprint density at radius 3 is 2.84 bits per heavy atom. The number of hydrogen-bond acceptors (Lipinski definition) is 3. The third-order valence-electron chi connectivity index (χ3n) is 2.60. The number of hydrogen-bond donors (Lipinski definition) is 2. The molecule has 0 aromatic heterocycles. The Kier molecular flexibility index (Phi) is 3.89. The summed E-state index contributed by atoms with van der Waals surface area (Å²) in [7, 11) is 0. The molecule has 1 atom stereocenters. The largest absolute Gasteiger partial charge is 0.480 e. The lowest BCUT2D eigenvalue weighted by atomic mass is 10.3. The number of carboxylic acids is 1. The van der Waals surface area contributed by atoms with Crippen LogP contribution in [0, 0.1) is 11.6 Å². The number of aliphatic carboxylic acids is 1. The van der Waals surface area contributed by atoms with Gasteiger partial charge in [0.25, 0.3) is 0 Å². The summed E-state index contributed by atoms with van der Waals surface area (Å²) in [6.45, 7) is 0. The van der Waals surface area contributed by atoms with Gasteiger partial charge in [0.05, 0.1) is 11.6 Å². The molecule has 1 heterocycles. The molecule has 0 spiro atoms. The van der Waals surface area contributed by atoms with E-state index in [2.05, 4.69) is 5.32 Å². The van der Waals surface area contributed by atoms with Crippen molar-refractivity contribution in [2.24, 2.45) is 0 Å². The highest BCUT2D eigenvalue weighted by atomic mass is 32.2. The summed E-state index contributed by atoms with van der Waals surface area (Å²) in [5, 5.41) is 11.1. The van der Waals surface area contributed by atoms with Gasteiger partial charge in [0, 0.05) is 11.8 Å². The fourth-order valence-corrected chi connectivity index (χ4v) is 2.77. The standard InChI is InChI=1S/C11H10F2N2O3S/c12-6-1-2-7(13)8(3-6)14-11(18)15-5-19-4-9(15)10(16)17/h1-3,9H,4-5H2,(H,14,18)(H,16,17)/t9-/m0/s1. The summed E-state index contributed by atoms with van der Waals surface area (Å²) in [5.74, 6) is -2.13. The molecule has 0 saturated carbocycles. The van der Waals surface area contributed by atoms with Crippen LogP contribution in [0.25, 0.3) is 0 Å². The fourth-order valence-electron chi connectivity index (χ4n) is 1.63. The van der Waals surface area contributed by atoms with Gasteiger partial charge in [-0.1, -0.05) is 0 Å². The van der Waals surface area contributed by atoms with Crippen molar-refractivity contribution in [3.8, 4) is 0 Å². The Morgan fingerprint density at radius 2 is 2.16 bits per heavy atom. The first kappa shape index (κ1) is 13.6. The van der Waals surface area contributed by atoms with E-state index in [0.717, 1.165) is 23.1 Å². The molecule has 0 aliphatic carbocycles. The fraction of sp³-hybridized carbons (Fsp3) is 0.273. The summed E-state index contributed by atoms with van der Waals surface area (Å²) >= 11 is 1.28. The van der Waals surface area contributed by atoms with Crippen molar-refractivity contribution in [2.75, 3.05) is 16.9 Å². The second-order valence-electron chi connectivity index (χ2n) is 3.88. The third kappa shape index (κ3) is 2.95. The average Bonchev–Trinajstić information content (AvgIpc) is 2.83. The smallest absolute Gasteiger partial charge is 0.327 e. The summed E-state index contributed by atoms with van der Waals surface area (Å²) in [6.07, 6.45) is 0. The van der Waals surface area contributed by atoms with E-state index in [1.165, 1.54) is 11.8 Å². The molecule has 0 radical (unpaired) electrons. The number of anilines is 1. The lowest BCUT2D eigenvalue weighted by molar-refractivity contribution is -0.140. The van der Waals surface area contributed by atoms with E-state index in [9.17, 15) is 18.4 Å². The van der Waals surface area contributed by atoms with E-state index in [0.29, 0.717) is 0 Å². The first-order valence-electron chi connectivity index (χ1n) is 5.32. The van der Waals surface area contributed by atoms with Crippen molar-refractivity contribution < 1.29 is 23.5 Å². The highest BCUT2D eigenvalue weighted by Crippen LogP contribution is 2.23. The van der Waals surface area contributed by atoms with Gasteiger partial charge in [-0.3, -0.25) is 0 Å². The van der Waals surface area contributed by atoms with Crippen LogP contribution in [0.4, 0.5) is 19.3 Å². The van der Waals surface area contributed by atoms with Crippen LogP contribution in [0.2, 0.25) is 0 Å². The molecular formula is C11H10F2N2O3S. The summed E-state index contributed by atoms with van der Waals surface area (Å²) in [4.78, 5) is 23.8. The quantitative estimate of drug-likeness (QED) is 0.872. The third-order valence-corrected chi connectivity index (χ3v) is 3.61. The van der Waals surface area contributed by atoms with Gasteiger partial charge in [-0.05, 0) is 12.1 Å². The minimum Gasteiger partial charge on any atom is -0.480 e. The number of nitrogens with zero attached hydrogens (tertiary/aromatic N) is 1. The number of carbonyl (C=O) groups is 2. The van der Waals surface area contributed by atoms with E-state index >= 15 is 0 Å². The number of amides is 2. The zero-order valence-electron chi connectivity index (χ0n) is 9.60. The number of carbonyl (C=O) groups excluding carboxylic acids is 1. The molecule has 1 saturated heterocycles. The van der Waals surface area contributed by atoms with Crippen molar-refractivity contribution in [3.63, 3.8) is 0 Å². The van der Waals surface area contributed by atoms with Crippen molar-refractivity contribution in [1.29, 1.82) is 0 Å². The number of urea groups is 1. The number of thioether (sulfide) groups is 1. The topological polar surface area (TPSA) is 69.6 Å². The second-order valence-corrected chi connectivity index (χ2v) is 4.88. The highest BCUT2D eigenvalue weighted by Gasteiger charge is 2.34. The lowest BCUT2D eigenvalue weighted by Crippen LogP contribution is -2.44. The van der Waals surface area contributed by atoms with E-state index in [-0.39, 0.29) is 17.3 Å². The molecule has 2 amide bonds. The van der Waals surface area contributed by atoms with Crippen LogP contribution in [0.5, 0.6) is 0 Å². The molecular weight excluding hydrogens is 278 g/mol. The van der Waals surface area contributed by atoms with Gasteiger partial charge < -0.3 is 15.3 Å². The SMILES string of the molecule is O=C(O)[C@@H]1CSCN1C(=O)Nc1cc(F)ccc1F. The number of carboxylic acid groups (broad SMARTS) is 1. The van der Waals surface area contributed by atoms with Crippen LogP contribution in [0.3, 0.4) is 0 Å². The zero-order chi connectivity index (χ0) is 14.0. The number of halogens is 2. The van der Waals surface area contributed by atoms with Gasteiger partial charge in [0.1, 0.15) is 17.7 Å². The molecule has 8 heteroatoms. The van der Waals surface area contributed by atoms with Crippen LogP contribution in [-0.4, -0.2) is 39.7 Å². The number of nitrogens with one attached hydrogen (secondary N) is 1. The molecule has 1 aromatic carbocycles. The van der Waals surface area contributed by atoms with E-state index < -0.39 is 29.7 Å². The number of benzene rings is 1. The van der Waals surface area contributed by atoms with Crippen molar-refractivity contribution in [3.05, 3.63) is 29.8 Å². The van der Waals surface area contributed by atoms with Crippen LogP contribution in [0.15, 0.2) is 18.2 Å². The normalized spacial score (nSPS) is 18.4. The number of rotatable bonds is 2. The Balaban J connectivity index is 2.12. The predicted octanol–water partition coefficient (Wildman–Crippen LogP) is 1.96. The molecule has 1 fully saturated rings. The first-order valence-corrected chi connectivity index (χ1v) is 6.47.